The third-order valence-electron chi connectivity index (χ3n) is 1.91. The molecule has 0 aromatic carbocycles. The van der Waals surface area contributed by atoms with Crippen LogP contribution in [-0.4, -0.2) is 57.7 Å². The monoisotopic (exact) mass is 179 g/mol. The van der Waals surface area contributed by atoms with Crippen molar-refractivity contribution in [3.63, 3.8) is 0 Å². The molecule has 1 rings (SSSR count). The molecule has 1 aliphatic heterocycles. The second-order valence-corrected chi connectivity index (χ2v) is 2.74. The van der Waals surface area contributed by atoms with Crippen molar-refractivity contribution in [1.29, 1.82) is 0 Å². The van der Waals surface area contributed by atoms with Crippen molar-refractivity contribution in [2.45, 2.75) is 24.1 Å². The molecular formula is C6H11O6. The molecule has 6 nitrogen and oxygen atoms in total. The van der Waals surface area contributed by atoms with Crippen LogP contribution in [0.3, 0.4) is 0 Å². The van der Waals surface area contributed by atoms with Crippen LogP contribution in [0.5, 0.6) is 0 Å². The van der Waals surface area contributed by atoms with E-state index in [0.717, 1.165) is 0 Å². The molecule has 4 atom stereocenters. The SMILES string of the molecule is [O]C1(CO)O[C@H](CO)[C@H](O)[C@H]1O. The number of hydrogen-bond donors (Lipinski definition) is 4. The van der Waals surface area contributed by atoms with Crippen molar-refractivity contribution in [2.24, 2.45) is 0 Å². The topological polar surface area (TPSA) is 110 Å². The van der Waals surface area contributed by atoms with E-state index < -0.39 is 37.3 Å². The summed E-state index contributed by atoms with van der Waals surface area (Å²) in [7, 11) is 0. The van der Waals surface area contributed by atoms with E-state index in [0.29, 0.717) is 0 Å². The lowest BCUT2D eigenvalue weighted by atomic mass is 10.1. The Morgan fingerprint density at radius 3 is 2.17 bits per heavy atom. The largest absolute Gasteiger partial charge is 0.394 e. The fraction of sp³-hybridized carbons (Fsp3) is 1.00. The summed E-state index contributed by atoms with van der Waals surface area (Å²) < 4.78 is 4.52. The molecule has 12 heavy (non-hydrogen) atoms. The van der Waals surface area contributed by atoms with E-state index >= 15 is 0 Å². The van der Waals surface area contributed by atoms with Gasteiger partial charge in [-0.25, -0.2) is 0 Å². The van der Waals surface area contributed by atoms with E-state index in [-0.39, 0.29) is 0 Å². The first-order valence-corrected chi connectivity index (χ1v) is 3.51. The molecular weight excluding hydrogens is 168 g/mol. The minimum Gasteiger partial charge on any atom is -0.394 e. The lowest BCUT2D eigenvalue weighted by Crippen LogP contribution is -2.44. The predicted molar refractivity (Wildman–Crippen MR) is 34.5 cm³/mol. The van der Waals surface area contributed by atoms with Crippen molar-refractivity contribution < 1.29 is 30.3 Å². The van der Waals surface area contributed by atoms with Gasteiger partial charge >= 0.3 is 0 Å². The molecule has 0 bridgehead atoms. The van der Waals surface area contributed by atoms with E-state index in [2.05, 4.69) is 4.74 Å². The van der Waals surface area contributed by atoms with E-state index in [1.807, 2.05) is 0 Å². The Balaban J connectivity index is 2.72. The van der Waals surface area contributed by atoms with Gasteiger partial charge in [0.25, 0.3) is 5.79 Å². The van der Waals surface area contributed by atoms with Gasteiger partial charge in [-0.2, -0.15) is 5.11 Å². The van der Waals surface area contributed by atoms with Crippen molar-refractivity contribution in [2.75, 3.05) is 13.2 Å². The molecule has 1 radical (unpaired) electrons. The molecule has 1 unspecified atom stereocenters. The van der Waals surface area contributed by atoms with Gasteiger partial charge in [-0.1, -0.05) is 0 Å². The zero-order valence-electron chi connectivity index (χ0n) is 6.25. The summed E-state index contributed by atoms with van der Waals surface area (Å²) in [6, 6.07) is 0. The molecule has 0 amide bonds. The molecule has 4 N–H and O–H groups in total. The maximum absolute atomic E-state index is 11.2. The van der Waals surface area contributed by atoms with Crippen molar-refractivity contribution >= 4 is 0 Å². The van der Waals surface area contributed by atoms with Crippen LogP contribution >= 0.6 is 0 Å². The summed E-state index contributed by atoms with van der Waals surface area (Å²) in [5, 5.41) is 46.4. The van der Waals surface area contributed by atoms with E-state index in [1.165, 1.54) is 0 Å². The summed E-state index contributed by atoms with van der Waals surface area (Å²) in [5.74, 6) is -2.41. The maximum atomic E-state index is 11.2. The Hall–Kier alpha value is -0.240. The number of hydrogen-bond acceptors (Lipinski definition) is 5. The van der Waals surface area contributed by atoms with Crippen LogP contribution in [0.25, 0.3) is 0 Å². The van der Waals surface area contributed by atoms with Gasteiger partial charge in [-0.15, -0.1) is 0 Å². The predicted octanol–water partition coefficient (Wildman–Crippen LogP) is -2.78. The molecule has 1 heterocycles. The van der Waals surface area contributed by atoms with E-state index in [4.69, 9.17) is 20.4 Å². The lowest BCUT2D eigenvalue weighted by Gasteiger charge is -2.19. The average Bonchev–Trinajstić information content (AvgIpc) is 2.31. The first-order valence-electron chi connectivity index (χ1n) is 3.51. The Labute approximate surface area is 68.6 Å². The van der Waals surface area contributed by atoms with Gasteiger partial charge in [0.2, 0.25) is 0 Å². The fourth-order valence-corrected chi connectivity index (χ4v) is 1.14. The van der Waals surface area contributed by atoms with Crippen LogP contribution in [0.2, 0.25) is 0 Å². The Morgan fingerprint density at radius 2 is 1.92 bits per heavy atom. The maximum Gasteiger partial charge on any atom is 0.254 e. The van der Waals surface area contributed by atoms with Gasteiger partial charge in [0.1, 0.15) is 24.9 Å². The summed E-state index contributed by atoms with van der Waals surface area (Å²) in [6.07, 6.45) is -4.27. The highest BCUT2D eigenvalue weighted by molar-refractivity contribution is 4.94. The van der Waals surface area contributed by atoms with Crippen LogP contribution < -0.4 is 0 Å². The molecule has 0 aromatic rings. The van der Waals surface area contributed by atoms with Crippen molar-refractivity contribution in [3.05, 3.63) is 0 Å². The molecule has 0 spiro atoms. The average molecular weight is 179 g/mol. The third kappa shape index (κ3) is 1.33. The molecule has 0 aromatic heterocycles. The van der Waals surface area contributed by atoms with Crippen molar-refractivity contribution in [3.8, 4) is 0 Å². The summed E-state index contributed by atoms with van der Waals surface area (Å²) in [6.45, 7) is -1.51. The summed E-state index contributed by atoms with van der Waals surface area (Å²) in [5.41, 5.74) is 0. The Kier molecular flexibility index (Phi) is 2.67. The molecule has 0 aliphatic carbocycles. The second-order valence-electron chi connectivity index (χ2n) is 2.74. The zero-order valence-corrected chi connectivity index (χ0v) is 6.25. The standard InChI is InChI=1S/C6H11O6/c7-1-3-4(9)5(10)6(11,2-8)12-3/h3-5,7-10H,1-2H2/t3-,4+,5-,6?/m1/s1. The highest BCUT2D eigenvalue weighted by atomic mass is 16.7. The fourth-order valence-electron chi connectivity index (χ4n) is 1.14. The second kappa shape index (κ2) is 3.25. The molecule has 1 fully saturated rings. The minimum atomic E-state index is -2.41. The molecule has 1 saturated heterocycles. The van der Waals surface area contributed by atoms with Gasteiger partial charge in [0.05, 0.1) is 6.61 Å². The summed E-state index contributed by atoms with van der Waals surface area (Å²) in [4.78, 5) is 0. The van der Waals surface area contributed by atoms with Gasteiger partial charge in [0.15, 0.2) is 0 Å². The highest BCUT2D eigenvalue weighted by Crippen LogP contribution is 2.28. The first-order chi connectivity index (χ1) is 5.55. The lowest BCUT2D eigenvalue weighted by molar-refractivity contribution is -0.280. The summed E-state index contributed by atoms with van der Waals surface area (Å²) >= 11 is 0. The van der Waals surface area contributed by atoms with Gasteiger partial charge in [-0.05, 0) is 0 Å². The van der Waals surface area contributed by atoms with E-state index in [1.54, 1.807) is 0 Å². The quantitative estimate of drug-likeness (QED) is 0.366. The van der Waals surface area contributed by atoms with Crippen LogP contribution in [0, 0.1) is 0 Å². The zero-order chi connectivity index (χ0) is 9.35. The molecule has 0 saturated carbocycles. The van der Waals surface area contributed by atoms with E-state index in [9.17, 15) is 5.11 Å². The normalized spacial score (nSPS) is 48.2. The van der Waals surface area contributed by atoms with Crippen LogP contribution in [0.4, 0.5) is 0 Å². The highest BCUT2D eigenvalue weighted by Gasteiger charge is 2.54. The molecule has 6 heteroatoms. The molecule has 71 valence electrons. The van der Waals surface area contributed by atoms with Crippen LogP contribution in [-0.2, 0) is 9.84 Å². The smallest absolute Gasteiger partial charge is 0.254 e. The van der Waals surface area contributed by atoms with Crippen LogP contribution in [0.15, 0.2) is 0 Å². The Bertz CT molecular complexity index is 162. The van der Waals surface area contributed by atoms with Crippen molar-refractivity contribution in [1.82, 2.24) is 0 Å². The molecule has 1 aliphatic rings. The minimum absolute atomic E-state index is 0.567. The van der Waals surface area contributed by atoms with Gasteiger partial charge in [0, 0.05) is 0 Å². The third-order valence-corrected chi connectivity index (χ3v) is 1.91. The Morgan fingerprint density at radius 1 is 1.33 bits per heavy atom. The number of aliphatic hydroxyl groups is 4. The first kappa shape index (κ1) is 9.85. The van der Waals surface area contributed by atoms with Gasteiger partial charge < -0.3 is 25.2 Å². The van der Waals surface area contributed by atoms with Crippen LogP contribution in [0.1, 0.15) is 0 Å². The number of aliphatic hydroxyl groups excluding tert-OH is 4. The van der Waals surface area contributed by atoms with Gasteiger partial charge in [-0.3, -0.25) is 0 Å². The number of ether oxygens (including phenoxy) is 1. The number of rotatable bonds is 2.